The molecule has 20 heavy (non-hydrogen) atoms. The SMILES string of the molecule is CCn1nc(C)c(N)c1C(=O)OCC(=O)NCCOC. The molecule has 0 aliphatic heterocycles. The lowest BCUT2D eigenvalue weighted by atomic mass is 10.3. The number of anilines is 1. The van der Waals surface area contributed by atoms with E-state index >= 15 is 0 Å². The summed E-state index contributed by atoms with van der Waals surface area (Å²) in [5.74, 6) is -1.06. The van der Waals surface area contributed by atoms with Gasteiger partial charge in [0.2, 0.25) is 0 Å². The minimum atomic E-state index is -0.660. The number of nitrogens with zero attached hydrogens (tertiary/aromatic N) is 2. The Morgan fingerprint density at radius 2 is 2.15 bits per heavy atom. The maximum Gasteiger partial charge on any atom is 0.359 e. The summed E-state index contributed by atoms with van der Waals surface area (Å²) >= 11 is 0. The van der Waals surface area contributed by atoms with E-state index in [4.69, 9.17) is 15.2 Å². The zero-order valence-electron chi connectivity index (χ0n) is 11.9. The Hall–Kier alpha value is -2.09. The van der Waals surface area contributed by atoms with Gasteiger partial charge in [-0.2, -0.15) is 5.10 Å². The van der Waals surface area contributed by atoms with Gasteiger partial charge < -0.3 is 20.5 Å². The van der Waals surface area contributed by atoms with Crippen molar-refractivity contribution >= 4 is 17.6 Å². The average molecular weight is 284 g/mol. The van der Waals surface area contributed by atoms with Crippen molar-refractivity contribution < 1.29 is 19.1 Å². The molecule has 1 rings (SSSR count). The Morgan fingerprint density at radius 3 is 2.75 bits per heavy atom. The molecule has 1 heterocycles. The highest BCUT2D eigenvalue weighted by Crippen LogP contribution is 2.17. The van der Waals surface area contributed by atoms with Crippen LogP contribution in [0.25, 0.3) is 0 Å². The Labute approximate surface area is 117 Å². The van der Waals surface area contributed by atoms with Gasteiger partial charge in [0, 0.05) is 20.2 Å². The molecule has 8 heteroatoms. The summed E-state index contributed by atoms with van der Waals surface area (Å²) in [6.07, 6.45) is 0. The summed E-state index contributed by atoms with van der Waals surface area (Å²) in [4.78, 5) is 23.3. The van der Waals surface area contributed by atoms with Crippen molar-refractivity contribution in [3.63, 3.8) is 0 Å². The first-order valence-electron chi connectivity index (χ1n) is 6.26. The number of hydrogen-bond acceptors (Lipinski definition) is 6. The number of carbonyl (C=O) groups is 2. The van der Waals surface area contributed by atoms with Gasteiger partial charge in [0.1, 0.15) is 0 Å². The number of aryl methyl sites for hydroxylation is 2. The Balaban J connectivity index is 2.57. The lowest BCUT2D eigenvalue weighted by molar-refractivity contribution is -0.124. The second-order valence-electron chi connectivity index (χ2n) is 4.08. The molecule has 0 aliphatic carbocycles. The van der Waals surface area contributed by atoms with E-state index in [0.29, 0.717) is 25.4 Å². The number of nitrogens with two attached hydrogens (primary N) is 1. The molecule has 8 nitrogen and oxygen atoms in total. The molecule has 0 bridgehead atoms. The molecule has 0 radical (unpaired) electrons. The van der Waals surface area contributed by atoms with E-state index in [2.05, 4.69) is 10.4 Å². The largest absolute Gasteiger partial charge is 0.451 e. The molecule has 0 aliphatic rings. The number of rotatable bonds is 7. The molecule has 0 saturated carbocycles. The summed E-state index contributed by atoms with van der Waals surface area (Å²) in [7, 11) is 1.53. The van der Waals surface area contributed by atoms with Crippen LogP contribution in [-0.2, 0) is 20.8 Å². The third-order valence-electron chi connectivity index (χ3n) is 2.63. The topological polar surface area (TPSA) is 108 Å². The zero-order valence-corrected chi connectivity index (χ0v) is 11.9. The van der Waals surface area contributed by atoms with Gasteiger partial charge in [-0.05, 0) is 13.8 Å². The van der Waals surface area contributed by atoms with Gasteiger partial charge in [-0.15, -0.1) is 0 Å². The molecule has 1 aromatic rings. The van der Waals surface area contributed by atoms with Crippen molar-refractivity contribution in [2.24, 2.45) is 0 Å². The van der Waals surface area contributed by atoms with Crippen LogP contribution in [0, 0.1) is 6.92 Å². The van der Waals surface area contributed by atoms with E-state index in [1.54, 1.807) is 6.92 Å². The van der Waals surface area contributed by atoms with Gasteiger partial charge in [0.15, 0.2) is 12.3 Å². The van der Waals surface area contributed by atoms with E-state index in [-0.39, 0.29) is 18.0 Å². The van der Waals surface area contributed by atoms with Crippen molar-refractivity contribution in [2.75, 3.05) is 32.6 Å². The van der Waals surface area contributed by atoms with Crippen LogP contribution in [0.1, 0.15) is 23.1 Å². The zero-order chi connectivity index (χ0) is 15.1. The lowest BCUT2D eigenvalue weighted by Gasteiger charge is -2.07. The molecule has 0 unspecified atom stereocenters. The van der Waals surface area contributed by atoms with E-state index in [9.17, 15) is 9.59 Å². The lowest BCUT2D eigenvalue weighted by Crippen LogP contribution is -2.31. The van der Waals surface area contributed by atoms with Gasteiger partial charge in [-0.25, -0.2) is 4.79 Å². The minimum Gasteiger partial charge on any atom is -0.451 e. The predicted octanol–water partition coefficient (Wildman–Crippen LogP) is -0.287. The second-order valence-corrected chi connectivity index (χ2v) is 4.08. The average Bonchev–Trinajstić information content (AvgIpc) is 2.72. The quantitative estimate of drug-likeness (QED) is 0.526. The van der Waals surface area contributed by atoms with Gasteiger partial charge >= 0.3 is 5.97 Å². The first kappa shape index (κ1) is 16.0. The fourth-order valence-corrected chi connectivity index (χ4v) is 1.58. The van der Waals surface area contributed by atoms with Crippen molar-refractivity contribution in [1.82, 2.24) is 15.1 Å². The van der Waals surface area contributed by atoms with Crippen LogP contribution in [0.5, 0.6) is 0 Å². The summed E-state index contributed by atoms with van der Waals surface area (Å²) < 4.78 is 11.2. The van der Waals surface area contributed by atoms with Crippen LogP contribution in [0.15, 0.2) is 0 Å². The highest BCUT2D eigenvalue weighted by atomic mass is 16.5. The van der Waals surface area contributed by atoms with Crippen LogP contribution in [0.3, 0.4) is 0 Å². The summed E-state index contributed by atoms with van der Waals surface area (Å²) in [6, 6.07) is 0. The van der Waals surface area contributed by atoms with Crippen LogP contribution in [0.2, 0.25) is 0 Å². The van der Waals surface area contributed by atoms with Crippen molar-refractivity contribution in [1.29, 1.82) is 0 Å². The fraction of sp³-hybridized carbons (Fsp3) is 0.583. The number of nitrogens with one attached hydrogen (secondary N) is 1. The van der Waals surface area contributed by atoms with E-state index in [1.165, 1.54) is 11.8 Å². The number of hydrogen-bond donors (Lipinski definition) is 2. The number of amides is 1. The number of aromatic nitrogens is 2. The predicted molar refractivity (Wildman–Crippen MR) is 72.2 cm³/mol. The number of nitrogen functional groups attached to an aromatic ring is 1. The van der Waals surface area contributed by atoms with Crippen LogP contribution < -0.4 is 11.1 Å². The van der Waals surface area contributed by atoms with E-state index < -0.39 is 11.9 Å². The summed E-state index contributed by atoms with van der Waals surface area (Å²) in [6.45, 7) is 4.42. The molecular formula is C12H20N4O4. The third kappa shape index (κ3) is 3.95. The normalized spacial score (nSPS) is 10.3. The Morgan fingerprint density at radius 1 is 1.45 bits per heavy atom. The van der Waals surface area contributed by atoms with Crippen LogP contribution >= 0.6 is 0 Å². The smallest absolute Gasteiger partial charge is 0.359 e. The minimum absolute atomic E-state index is 0.176. The summed E-state index contributed by atoms with van der Waals surface area (Å²) in [5, 5.41) is 6.66. The molecule has 0 spiro atoms. The van der Waals surface area contributed by atoms with Gasteiger partial charge in [-0.3, -0.25) is 9.48 Å². The first-order valence-corrected chi connectivity index (χ1v) is 6.26. The van der Waals surface area contributed by atoms with Crippen molar-refractivity contribution in [2.45, 2.75) is 20.4 Å². The van der Waals surface area contributed by atoms with Crippen molar-refractivity contribution in [3.8, 4) is 0 Å². The second kappa shape index (κ2) is 7.49. The molecule has 0 fully saturated rings. The number of carbonyl (C=O) groups excluding carboxylic acids is 2. The molecule has 1 amide bonds. The van der Waals surface area contributed by atoms with Gasteiger partial charge in [0.05, 0.1) is 18.0 Å². The Bertz CT molecular complexity index is 484. The van der Waals surface area contributed by atoms with E-state index in [1.807, 2.05) is 6.92 Å². The number of esters is 1. The maximum absolute atomic E-state index is 11.9. The Kier molecular flexibility index (Phi) is 5.98. The highest BCUT2D eigenvalue weighted by molar-refractivity contribution is 5.95. The van der Waals surface area contributed by atoms with Gasteiger partial charge in [0.25, 0.3) is 5.91 Å². The maximum atomic E-state index is 11.9. The number of ether oxygens (including phenoxy) is 2. The molecule has 0 saturated heterocycles. The van der Waals surface area contributed by atoms with Crippen LogP contribution in [0.4, 0.5) is 5.69 Å². The van der Waals surface area contributed by atoms with Crippen LogP contribution in [-0.4, -0.2) is 48.5 Å². The first-order chi connectivity index (χ1) is 9.51. The van der Waals surface area contributed by atoms with Crippen molar-refractivity contribution in [3.05, 3.63) is 11.4 Å². The standard InChI is InChI=1S/C12H20N4O4/c1-4-16-11(10(13)8(2)15-16)12(18)20-7-9(17)14-5-6-19-3/h4-7,13H2,1-3H3,(H,14,17). The molecule has 112 valence electrons. The van der Waals surface area contributed by atoms with E-state index in [0.717, 1.165) is 0 Å². The molecule has 1 aromatic heterocycles. The number of methoxy groups -OCH3 is 1. The fourth-order valence-electron chi connectivity index (χ4n) is 1.58. The third-order valence-corrected chi connectivity index (χ3v) is 2.63. The summed E-state index contributed by atoms with van der Waals surface area (Å²) in [5.41, 5.74) is 6.79. The molecule has 3 N–H and O–H groups in total. The highest BCUT2D eigenvalue weighted by Gasteiger charge is 2.21. The molecule has 0 atom stereocenters. The molecule has 0 aromatic carbocycles. The van der Waals surface area contributed by atoms with Gasteiger partial charge in [-0.1, -0.05) is 0 Å². The monoisotopic (exact) mass is 284 g/mol. The molecular weight excluding hydrogens is 264 g/mol.